The van der Waals surface area contributed by atoms with Crippen molar-refractivity contribution in [1.29, 1.82) is 5.26 Å². The van der Waals surface area contributed by atoms with E-state index >= 15 is 0 Å². The minimum Gasteiger partial charge on any atom is -0.334 e. The highest BCUT2D eigenvalue weighted by Gasteiger charge is 2.30. The Hall–Kier alpha value is -1.28. The van der Waals surface area contributed by atoms with Gasteiger partial charge in [-0.15, -0.1) is 0 Å². The van der Waals surface area contributed by atoms with Crippen LogP contribution >= 0.6 is 34.8 Å². The number of rotatable bonds is 1. The number of hydrogen-bond acceptors (Lipinski definition) is 4. The van der Waals surface area contributed by atoms with Gasteiger partial charge in [-0.25, -0.2) is 0 Å². The summed E-state index contributed by atoms with van der Waals surface area (Å²) in [5.41, 5.74) is 1.11. The predicted molar refractivity (Wildman–Crippen MR) is 63.7 cm³/mol. The van der Waals surface area contributed by atoms with E-state index in [0.29, 0.717) is 11.1 Å². The standard InChI is InChI=1S/C10H4Cl3N3O/c11-10(12,13)9-15-8(16-17-9)7-3-1-2-6(4-7)5-14/h1-4H. The highest BCUT2D eigenvalue weighted by atomic mass is 35.6. The monoisotopic (exact) mass is 287 g/mol. The van der Waals surface area contributed by atoms with Crippen molar-refractivity contribution in [1.82, 2.24) is 10.1 Å². The highest BCUT2D eigenvalue weighted by molar-refractivity contribution is 6.66. The Kier molecular flexibility index (Phi) is 3.25. The van der Waals surface area contributed by atoms with Crippen molar-refractivity contribution in [2.24, 2.45) is 0 Å². The van der Waals surface area contributed by atoms with Crippen molar-refractivity contribution in [2.45, 2.75) is 3.79 Å². The summed E-state index contributed by atoms with van der Waals surface area (Å²) >= 11 is 16.8. The van der Waals surface area contributed by atoms with Gasteiger partial charge in [0.1, 0.15) is 0 Å². The Balaban J connectivity index is 2.41. The van der Waals surface area contributed by atoms with Gasteiger partial charge in [0, 0.05) is 5.56 Å². The van der Waals surface area contributed by atoms with Gasteiger partial charge in [0.15, 0.2) is 0 Å². The lowest BCUT2D eigenvalue weighted by molar-refractivity contribution is 0.383. The second-order valence-corrected chi connectivity index (χ2v) is 5.39. The Morgan fingerprint density at radius 1 is 1.29 bits per heavy atom. The molecule has 0 atom stereocenters. The molecule has 0 amide bonds. The third-order valence-electron chi connectivity index (χ3n) is 1.92. The van der Waals surface area contributed by atoms with Gasteiger partial charge in [-0.05, 0) is 12.1 Å². The number of alkyl halides is 3. The minimum atomic E-state index is -1.75. The summed E-state index contributed by atoms with van der Waals surface area (Å²) in [4.78, 5) is 3.94. The Bertz CT molecular complexity index is 583. The zero-order chi connectivity index (χ0) is 12.5. The zero-order valence-electron chi connectivity index (χ0n) is 8.19. The quantitative estimate of drug-likeness (QED) is 0.754. The largest absolute Gasteiger partial charge is 0.334 e. The number of benzene rings is 1. The van der Waals surface area contributed by atoms with Crippen molar-refractivity contribution >= 4 is 34.8 Å². The van der Waals surface area contributed by atoms with Gasteiger partial charge in [-0.2, -0.15) is 10.2 Å². The summed E-state index contributed by atoms with van der Waals surface area (Å²) in [6.45, 7) is 0. The van der Waals surface area contributed by atoms with Crippen LogP contribution in [0.2, 0.25) is 0 Å². The smallest absolute Gasteiger partial charge is 0.279 e. The fraction of sp³-hybridized carbons (Fsp3) is 0.100. The molecule has 0 fully saturated rings. The van der Waals surface area contributed by atoms with Crippen LogP contribution < -0.4 is 0 Å². The third kappa shape index (κ3) is 2.70. The molecule has 1 heterocycles. The molecule has 2 rings (SSSR count). The molecule has 1 aromatic heterocycles. The van der Waals surface area contributed by atoms with E-state index in [-0.39, 0.29) is 11.7 Å². The molecule has 0 bridgehead atoms. The molecular formula is C10H4Cl3N3O. The second-order valence-electron chi connectivity index (χ2n) is 3.11. The molecule has 0 aliphatic heterocycles. The Morgan fingerprint density at radius 3 is 2.65 bits per heavy atom. The van der Waals surface area contributed by atoms with E-state index in [1.807, 2.05) is 6.07 Å². The molecule has 0 saturated carbocycles. The van der Waals surface area contributed by atoms with Gasteiger partial charge < -0.3 is 4.52 Å². The number of hydrogen-bond donors (Lipinski definition) is 0. The number of nitriles is 1. The van der Waals surface area contributed by atoms with Gasteiger partial charge in [-0.3, -0.25) is 0 Å². The maximum Gasteiger partial charge on any atom is 0.279 e. The zero-order valence-corrected chi connectivity index (χ0v) is 10.5. The summed E-state index contributed by atoms with van der Waals surface area (Å²) in [6, 6.07) is 8.73. The van der Waals surface area contributed by atoms with Gasteiger partial charge in [-0.1, -0.05) is 52.1 Å². The molecule has 0 radical (unpaired) electrons. The predicted octanol–water partition coefficient (Wildman–Crippen LogP) is 3.43. The minimum absolute atomic E-state index is 0.111. The van der Waals surface area contributed by atoms with E-state index in [4.69, 9.17) is 44.6 Å². The Morgan fingerprint density at radius 2 is 2.06 bits per heavy atom. The molecule has 1 aromatic carbocycles. The lowest BCUT2D eigenvalue weighted by atomic mass is 10.1. The number of halogens is 3. The number of nitrogens with zero attached hydrogens (tertiary/aromatic N) is 3. The molecule has 17 heavy (non-hydrogen) atoms. The summed E-state index contributed by atoms with van der Waals surface area (Å²) in [5, 5.41) is 12.4. The molecule has 2 aromatic rings. The number of aromatic nitrogens is 2. The van der Waals surface area contributed by atoms with Gasteiger partial charge in [0.2, 0.25) is 5.82 Å². The van der Waals surface area contributed by atoms with Crippen molar-refractivity contribution in [3.8, 4) is 17.5 Å². The summed E-state index contributed by atoms with van der Waals surface area (Å²) in [7, 11) is 0. The van der Waals surface area contributed by atoms with Crippen LogP contribution in [0.4, 0.5) is 0 Å². The van der Waals surface area contributed by atoms with E-state index in [1.54, 1.807) is 24.3 Å². The molecular weight excluding hydrogens is 284 g/mol. The summed E-state index contributed by atoms with van der Waals surface area (Å²) < 4.78 is 3.07. The van der Waals surface area contributed by atoms with Crippen LogP contribution in [0, 0.1) is 11.3 Å². The van der Waals surface area contributed by atoms with Crippen LogP contribution in [-0.4, -0.2) is 10.1 Å². The van der Waals surface area contributed by atoms with E-state index in [2.05, 4.69) is 10.1 Å². The second kappa shape index (κ2) is 4.53. The summed E-state index contributed by atoms with van der Waals surface area (Å²) in [5.74, 6) is 0.156. The first-order valence-electron chi connectivity index (χ1n) is 4.42. The van der Waals surface area contributed by atoms with Gasteiger partial charge in [0.25, 0.3) is 9.68 Å². The molecule has 0 aliphatic carbocycles. The van der Waals surface area contributed by atoms with Gasteiger partial charge >= 0.3 is 0 Å². The molecule has 86 valence electrons. The normalized spacial score (nSPS) is 11.2. The SMILES string of the molecule is N#Cc1cccc(-c2noc(C(Cl)(Cl)Cl)n2)c1. The average Bonchev–Trinajstić information content (AvgIpc) is 2.78. The van der Waals surface area contributed by atoms with Crippen molar-refractivity contribution < 1.29 is 4.52 Å². The van der Waals surface area contributed by atoms with E-state index in [9.17, 15) is 0 Å². The first-order chi connectivity index (χ1) is 8.00. The topological polar surface area (TPSA) is 62.7 Å². The van der Waals surface area contributed by atoms with Crippen LogP contribution in [0.5, 0.6) is 0 Å². The fourth-order valence-corrected chi connectivity index (χ4v) is 1.41. The molecule has 0 unspecified atom stereocenters. The van der Waals surface area contributed by atoms with Crippen molar-refractivity contribution in [2.75, 3.05) is 0 Å². The summed E-state index contributed by atoms with van der Waals surface area (Å²) in [6.07, 6.45) is 0. The van der Waals surface area contributed by atoms with Crippen molar-refractivity contribution in [3.05, 3.63) is 35.7 Å². The molecule has 0 N–H and O–H groups in total. The Labute approximate surface area is 112 Å². The van der Waals surface area contributed by atoms with Crippen molar-refractivity contribution in [3.63, 3.8) is 0 Å². The van der Waals surface area contributed by atoms with Crippen LogP contribution in [-0.2, 0) is 3.79 Å². The molecule has 0 spiro atoms. The maximum absolute atomic E-state index is 8.77. The first kappa shape index (κ1) is 12.2. The van der Waals surface area contributed by atoms with E-state index in [1.165, 1.54) is 0 Å². The third-order valence-corrected chi connectivity index (χ3v) is 2.40. The van der Waals surface area contributed by atoms with Crippen LogP contribution in [0.1, 0.15) is 11.5 Å². The van der Waals surface area contributed by atoms with E-state index < -0.39 is 3.79 Å². The van der Waals surface area contributed by atoms with Gasteiger partial charge in [0.05, 0.1) is 11.6 Å². The lowest BCUT2D eigenvalue weighted by Crippen LogP contribution is -1.99. The lowest BCUT2D eigenvalue weighted by Gasteiger charge is -2.01. The first-order valence-corrected chi connectivity index (χ1v) is 5.55. The van der Waals surface area contributed by atoms with Crippen LogP contribution in [0.25, 0.3) is 11.4 Å². The van der Waals surface area contributed by atoms with Crippen LogP contribution in [0.3, 0.4) is 0 Å². The van der Waals surface area contributed by atoms with Crippen LogP contribution in [0.15, 0.2) is 28.8 Å². The fourth-order valence-electron chi connectivity index (χ4n) is 1.18. The maximum atomic E-state index is 8.77. The molecule has 0 aliphatic rings. The van der Waals surface area contributed by atoms with E-state index in [0.717, 1.165) is 0 Å². The average molecular weight is 289 g/mol. The molecule has 0 saturated heterocycles. The molecule has 4 nitrogen and oxygen atoms in total. The molecule has 7 heteroatoms. The highest BCUT2D eigenvalue weighted by Crippen LogP contribution is 2.37.